The molecule has 1 aromatic carbocycles. The number of hydrogen-bond donors (Lipinski definition) is 1. The second-order valence-electron chi connectivity index (χ2n) is 4.34. The number of nitro groups is 1. The van der Waals surface area contributed by atoms with E-state index in [4.69, 9.17) is 4.74 Å². The highest BCUT2D eigenvalue weighted by Gasteiger charge is 2.15. The minimum atomic E-state index is -0.488. The fourth-order valence-electron chi connectivity index (χ4n) is 1.62. The summed E-state index contributed by atoms with van der Waals surface area (Å²) < 4.78 is 5.47. The van der Waals surface area contributed by atoms with Crippen LogP contribution in [0, 0.1) is 17.0 Å². The van der Waals surface area contributed by atoms with E-state index in [0.29, 0.717) is 10.8 Å². The molecular formula is C13H13N3O4S. The van der Waals surface area contributed by atoms with Gasteiger partial charge in [0.2, 0.25) is 5.91 Å². The molecule has 1 N–H and O–H groups in total. The average molecular weight is 307 g/mol. The number of hydrogen-bond acceptors (Lipinski definition) is 6. The van der Waals surface area contributed by atoms with E-state index in [0.717, 1.165) is 5.56 Å². The van der Waals surface area contributed by atoms with E-state index in [1.54, 1.807) is 17.5 Å². The van der Waals surface area contributed by atoms with Crippen molar-refractivity contribution in [3.05, 3.63) is 45.0 Å². The van der Waals surface area contributed by atoms with Crippen molar-refractivity contribution < 1.29 is 14.5 Å². The van der Waals surface area contributed by atoms with Gasteiger partial charge in [-0.15, -0.1) is 11.3 Å². The zero-order chi connectivity index (χ0) is 15.4. The SMILES string of the molecule is CC(=O)Nc1nc(COc2cc(C)ccc2[N+](=O)[O-])cs1. The molecule has 2 rings (SSSR count). The molecule has 0 aliphatic rings. The van der Waals surface area contributed by atoms with Crippen LogP contribution in [0.3, 0.4) is 0 Å². The van der Waals surface area contributed by atoms with E-state index in [2.05, 4.69) is 10.3 Å². The molecule has 0 bridgehead atoms. The molecule has 1 heterocycles. The van der Waals surface area contributed by atoms with Gasteiger partial charge in [-0.05, 0) is 18.6 Å². The van der Waals surface area contributed by atoms with Gasteiger partial charge in [0.15, 0.2) is 10.9 Å². The predicted molar refractivity (Wildman–Crippen MR) is 78.6 cm³/mol. The number of aromatic nitrogens is 1. The normalized spacial score (nSPS) is 10.2. The lowest BCUT2D eigenvalue weighted by molar-refractivity contribution is -0.386. The van der Waals surface area contributed by atoms with Crippen molar-refractivity contribution in [1.82, 2.24) is 4.98 Å². The molecule has 0 aliphatic carbocycles. The van der Waals surface area contributed by atoms with Gasteiger partial charge in [0.25, 0.3) is 0 Å². The number of carbonyl (C=O) groups excluding carboxylic acids is 1. The number of carbonyl (C=O) groups is 1. The van der Waals surface area contributed by atoms with E-state index in [1.165, 1.54) is 24.3 Å². The number of anilines is 1. The van der Waals surface area contributed by atoms with Gasteiger partial charge in [0.1, 0.15) is 6.61 Å². The number of nitrogens with zero attached hydrogens (tertiary/aromatic N) is 2. The maximum absolute atomic E-state index is 10.9. The fraction of sp³-hybridized carbons (Fsp3) is 0.231. The van der Waals surface area contributed by atoms with Crippen LogP contribution in [0.5, 0.6) is 5.75 Å². The number of rotatable bonds is 5. The monoisotopic (exact) mass is 307 g/mol. The van der Waals surface area contributed by atoms with Crippen LogP contribution in [-0.4, -0.2) is 15.8 Å². The third-order valence-electron chi connectivity index (χ3n) is 2.52. The van der Waals surface area contributed by atoms with Gasteiger partial charge in [0, 0.05) is 18.4 Å². The molecule has 0 saturated heterocycles. The number of nitrogens with one attached hydrogen (secondary N) is 1. The smallest absolute Gasteiger partial charge is 0.310 e. The van der Waals surface area contributed by atoms with E-state index >= 15 is 0 Å². The largest absolute Gasteiger partial charge is 0.480 e. The first-order valence-corrected chi connectivity index (χ1v) is 6.93. The molecule has 2 aromatic rings. The van der Waals surface area contributed by atoms with Crippen molar-refractivity contribution in [3.63, 3.8) is 0 Å². The summed E-state index contributed by atoms with van der Waals surface area (Å²) in [6.45, 7) is 3.32. The van der Waals surface area contributed by atoms with Crippen molar-refractivity contribution in [2.45, 2.75) is 20.5 Å². The topological polar surface area (TPSA) is 94.4 Å². The lowest BCUT2D eigenvalue weighted by Crippen LogP contribution is -2.05. The third-order valence-corrected chi connectivity index (χ3v) is 3.33. The van der Waals surface area contributed by atoms with Crippen molar-refractivity contribution >= 4 is 28.1 Å². The Labute approximate surface area is 124 Å². The van der Waals surface area contributed by atoms with Gasteiger partial charge in [-0.3, -0.25) is 14.9 Å². The van der Waals surface area contributed by atoms with Gasteiger partial charge in [-0.25, -0.2) is 4.98 Å². The quantitative estimate of drug-likeness (QED) is 0.677. The Hall–Kier alpha value is -2.48. The second-order valence-corrected chi connectivity index (χ2v) is 5.20. The summed E-state index contributed by atoms with van der Waals surface area (Å²) in [6.07, 6.45) is 0. The molecule has 110 valence electrons. The van der Waals surface area contributed by atoms with E-state index in [9.17, 15) is 14.9 Å². The van der Waals surface area contributed by atoms with Crippen LogP contribution >= 0.6 is 11.3 Å². The third kappa shape index (κ3) is 3.99. The highest BCUT2D eigenvalue weighted by atomic mass is 32.1. The van der Waals surface area contributed by atoms with Crippen molar-refractivity contribution in [2.75, 3.05) is 5.32 Å². The number of aryl methyl sites for hydroxylation is 1. The van der Waals surface area contributed by atoms with E-state index < -0.39 is 4.92 Å². The summed E-state index contributed by atoms with van der Waals surface area (Å²) >= 11 is 1.27. The molecule has 0 spiro atoms. The Morgan fingerprint density at radius 1 is 1.52 bits per heavy atom. The van der Waals surface area contributed by atoms with Gasteiger partial charge in [-0.2, -0.15) is 0 Å². The van der Waals surface area contributed by atoms with E-state index in [1.807, 2.05) is 6.92 Å². The van der Waals surface area contributed by atoms with Crippen LogP contribution in [0.1, 0.15) is 18.2 Å². The van der Waals surface area contributed by atoms with Crippen molar-refractivity contribution in [3.8, 4) is 5.75 Å². The standard InChI is InChI=1S/C13H13N3O4S/c1-8-3-4-11(16(18)19)12(5-8)20-6-10-7-21-13(15-10)14-9(2)17/h3-5,7H,6H2,1-2H3,(H,14,15,17). The van der Waals surface area contributed by atoms with Crippen LogP contribution in [0.25, 0.3) is 0 Å². The minimum Gasteiger partial charge on any atom is -0.480 e. The molecule has 1 aromatic heterocycles. The first kappa shape index (κ1) is 14.9. The highest BCUT2D eigenvalue weighted by Crippen LogP contribution is 2.28. The molecule has 1 amide bonds. The molecule has 0 fully saturated rings. The Morgan fingerprint density at radius 2 is 2.29 bits per heavy atom. The summed E-state index contributed by atoms with van der Waals surface area (Å²) in [5.74, 6) is 0.000201. The summed E-state index contributed by atoms with van der Waals surface area (Å²) in [4.78, 5) is 25.5. The summed E-state index contributed by atoms with van der Waals surface area (Å²) in [5, 5.41) is 15.7. The van der Waals surface area contributed by atoms with Gasteiger partial charge in [0.05, 0.1) is 10.6 Å². The molecule has 0 atom stereocenters. The van der Waals surface area contributed by atoms with Crippen LogP contribution in [0.4, 0.5) is 10.8 Å². The fourth-order valence-corrected chi connectivity index (χ4v) is 2.36. The zero-order valence-corrected chi connectivity index (χ0v) is 12.3. The van der Waals surface area contributed by atoms with Crippen LogP contribution < -0.4 is 10.1 Å². The first-order valence-electron chi connectivity index (χ1n) is 6.05. The molecular weight excluding hydrogens is 294 g/mol. The molecule has 0 unspecified atom stereocenters. The maximum Gasteiger partial charge on any atom is 0.310 e. The minimum absolute atomic E-state index is 0.0853. The average Bonchev–Trinajstić information content (AvgIpc) is 2.82. The van der Waals surface area contributed by atoms with Crippen LogP contribution in [0.2, 0.25) is 0 Å². The summed E-state index contributed by atoms with van der Waals surface area (Å²) in [6, 6.07) is 4.68. The predicted octanol–water partition coefficient (Wildman–Crippen LogP) is 2.90. The summed E-state index contributed by atoms with van der Waals surface area (Å²) in [7, 11) is 0. The Balaban J connectivity index is 2.09. The number of thiazole rings is 1. The Bertz CT molecular complexity index is 684. The number of ether oxygens (including phenoxy) is 1. The van der Waals surface area contributed by atoms with Crippen molar-refractivity contribution in [1.29, 1.82) is 0 Å². The summed E-state index contributed by atoms with van der Waals surface area (Å²) in [5.41, 5.74) is 1.38. The molecule has 0 aliphatic heterocycles. The molecule has 0 radical (unpaired) electrons. The van der Waals surface area contributed by atoms with Crippen LogP contribution in [0.15, 0.2) is 23.6 Å². The molecule has 8 heteroatoms. The van der Waals surface area contributed by atoms with Crippen LogP contribution in [-0.2, 0) is 11.4 Å². The Kier molecular flexibility index (Phi) is 4.49. The maximum atomic E-state index is 10.9. The molecule has 21 heavy (non-hydrogen) atoms. The first-order chi connectivity index (χ1) is 9.95. The van der Waals surface area contributed by atoms with E-state index in [-0.39, 0.29) is 24.0 Å². The second kappa shape index (κ2) is 6.31. The number of nitro benzene ring substituents is 1. The molecule has 7 nitrogen and oxygen atoms in total. The van der Waals surface area contributed by atoms with Gasteiger partial charge >= 0.3 is 5.69 Å². The Morgan fingerprint density at radius 3 is 2.95 bits per heavy atom. The van der Waals surface area contributed by atoms with Crippen molar-refractivity contribution in [2.24, 2.45) is 0 Å². The lowest BCUT2D eigenvalue weighted by Gasteiger charge is -2.06. The zero-order valence-electron chi connectivity index (χ0n) is 11.5. The molecule has 0 saturated carbocycles. The van der Waals surface area contributed by atoms with Gasteiger partial charge < -0.3 is 10.1 Å². The lowest BCUT2D eigenvalue weighted by atomic mass is 10.2. The number of benzene rings is 1. The highest BCUT2D eigenvalue weighted by molar-refractivity contribution is 7.13. The number of amides is 1. The van der Waals surface area contributed by atoms with Gasteiger partial charge in [-0.1, -0.05) is 6.07 Å².